The Bertz CT molecular complexity index is 2160. The summed E-state index contributed by atoms with van der Waals surface area (Å²) < 4.78 is 23.1. The number of phenolic OH excluding ortho intramolecular Hbond substituents is 2. The lowest BCUT2D eigenvalue weighted by Gasteiger charge is -2.31. The fourth-order valence-corrected chi connectivity index (χ4v) is 6.53. The van der Waals surface area contributed by atoms with Gasteiger partial charge in [0.25, 0.3) is 0 Å². The van der Waals surface area contributed by atoms with Crippen LogP contribution in [-0.4, -0.2) is 27.2 Å². The van der Waals surface area contributed by atoms with Crippen molar-refractivity contribution in [2.45, 2.75) is 111 Å². The van der Waals surface area contributed by atoms with Crippen LogP contribution in [0.1, 0.15) is 125 Å². The summed E-state index contributed by atoms with van der Waals surface area (Å²) >= 11 is 0. The second-order valence-corrected chi connectivity index (χ2v) is 13.9. The third-order valence-corrected chi connectivity index (χ3v) is 8.99. The summed E-state index contributed by atoms with van der Waals surface area (Å²) in [7, 11) is 0. The quantitative estimate of drug-likeness (QED) is 0.122. The third-order valence-electron chi connectivity index (χ3n) is 8.99. The predicted octanol–water partition coefficient (Wildman–Crippen LogP) is 8.27. The van der Waals surface area contributed by atoms with Gasteiger partial charge in [-0.1, -0.05) is 40.5 Å². The Morgan fingerprint density at radius 3 is 1.68 bits per heavy atom. The molecule has 266 valence electrons. The summed E-state index contributed by atoms with van der Waals surface area (Å²) in [5, 5.41) is 22.9. The first-order chi connectivity index (χ1) is 23.6. The number of Topliss-reactive ketones (excluding diaryl/α,β-unsaturated/α-hetero) is 1. The molecule has 10 heteroatoms. The maximum atomic E-state index is 12.5. The minimum atomic E-state index is -0.567. The Kier molecular flexibility index (Phi) is 10.1. The largest absolute Gasteiger partial charge is 0.507 e. The number of phenols is 2. The van der Waals surface area contributed by atoms with Crippen LogP contribution >= 0.6 is 0 Å². The van der Waals surface area contributed by atoms with Gasteiger partial charge in [-0.25, -0.2) is 9.59 Å². The lowest BCUT2D eigenvalue weighted by atomic mass is 9.91. The van der Waals surface area contributed by atoms with E-state index in [2.05, 4.69) is 6.92 Å². The molecule has 1 atom stereocenters. The Labute approximate surface area is 291 Å². The van der Waals surface area contributed by atoms with Gasteiger partial charge in [0.05, 0.1) is 27.5 Å². The van der Waals surface area contributed by atoms with Crippen molar-refractivity contribution in [2.24, 2.45) is 5.73 Å². The number of hydrogen-bond acceptors (Lipinski definition) is 10. The van der Waals surface area contributed by atoms with E-state index >= 15 is 0 Å². The number of ether oxygens (including phenoxy) is 2. The molecule has 0 fully saturated rings. The summed E-state index contributed by atoms with van der Waals surface area (Å²) in [6.07, 6.45) is 11.2. The molecule has 4 heterocycles. The van der Waals surface area contributed by atoms with Crippen molar-refractivity contribution < 1.29 is 33.3 Å². The normalized spacial score (nSPS) is 15.8. The zero-order valence-corrected chi connectivity index (χ0v) is 30.1. The highest BCUT2D eigenvalue weighted by Gasteiger charge is 2.33. The summed E-state index contributed by atoms with van der Waals surface area (Å²) in [5.41, 5.74) is 7.84. The molecule has 50 heavy (non-hydrogen) atoms. The number of ketones is 1. The van der Waals surface area contributed by atoms with Crippen molar-refractivity contribution in [3.05, 3.63) is 78.5 Å². The van der Waals surface area contributed by atoms with Crippen LogP contribution in [-0.2, 0) is 12.8 Å². The second kappa shape index (κ2) is 13.8. The van der Waals surface area contributed by atoms with Crippen LogP contribution in [0, 0.1) is 0 Å². The molecule has 2 aliphatic rings. The van der Waals surface area contributed by atoms with Gasteiger partial charge in [0.2, 0.25) is 0 Å². The van der Waals surface area contributed by atoms with E-state index in [0.29, 0.717) is 58.4 Å². The molecule has 0 amide bonds. The average Bonchev–Trinajstić information content (AvgIpc) is 3.03. The van der Waals surface area contributed by atoms with Crippen molar-refractivity contribution in [1.82, 2.24) is 0 Å². The highest BCUT2D eigenvalue weighted by Crippen LogP contribution is 2.49. The van der Waals surface area contributed by atoms with E-state index in [1.54, 1.807) is 13.0 Å². The van der Waals surface area contributed by atoms with E-state index in [4.69, 9.17) is 24.0 Å². The molecule has 10 nitrogen and oxygen atoms in total. The monoisotopic (exact) mass is 685 g/mol. The molecular formula is C40H47NO9. The van der Waals surface area contributed by atoms with Crippen LogP contribution in [0.3, 0.4) is 0 Å². The van der Waals surface area contributed by atoms with Crippen molar-refractivity contribution in [2.75, 3.05) is 0 Å². The molecule has 0 saturated carbocycles. The van der Waals surface area contributed by atoms with E-state index in [0.717, 1.165) is 29.4 Å². The van der Waals surface area contributed by atoms with Crippen LogP contribution in [0.2, 0.25) is 0 Å². The third kappa shape index (κ3) is 6.68. The van der Waals surface area contributed by atoms with Gasteiger partial charge in [-0.05, 0) is 82.4 Å². The number of fused-ring (bicyclic) bond motifs is 6. The average molecular weight is 686 g/mol. The van der Waals surface area contributed by atoms with Gasteiger partial charge in [0.1, 0.15) is 39.8 Å². The number of hydrogen-bond donors (Lipinski definition) is 3. The lowest BCUT2D eigenvalue weighted by Crippen LogP contribution is -2.28. The maximum Gasteiger partial charge on any atom is 0.336 e. The van der Waals surface area contributed by atoms with Crippen LogP contribution in [0.5, 0.6) is 23.0 Å². The molecule has 4 aromatic rings. The number of rotatable bonds is 8. The van der Waals surface area contributed by atoms with E-state index in [-0.39, 0.29) is 34.8 Å². The van der Waals surface area contributed by atoms with E-state index in [1.165, 1.54) is 12.1 Å². The van der Waals surface area contributed by atoms with Crippen LogP contribution in [0.4, 0.5) is 0 Å². The minimum Gasteiger partial charge on any atom is -0.507 e. The van der Waals surface area contributed by atoms with Gasteiger partial charge in [-0.2, -0.15) is 0 Å². The molecule has 4 N–H and O–H groups in total. The molecule has 0 aliphatic carbocycles. The fraction of sp³-hybridized carbons (Fsp3) is 0.425. The molecule has 0 spiro atoms. The first-order valence-electron chi connectivity index (χ1n) is 17.3. The number of carbonyl (C=O) groups excluding carboxylic acids is 1. The van der Waals surface area contributed by atoms with Crippen molar-refractivity contribution >= 4 is 39.9 Å². The standard InChI is InChI=1S/C20H25NO4.C20H22O5/c2*1-5-7-11-10-14(22)24-19-15(11)18-12(8-9-20(3,4)25-18)17(23)16(19)13(21)6-2/h8-10,13,23H,5-7,21H2,1-4H3;8-10,23H,5-7H2,1-4H3. The maximum absolute atomic E-state index is 12.5. The van der Waals surface area contributed by atoms with E-state index < -0.39 is 28.5 Å². The predicted molar refractivity (Wildman–Crippen MR) is 196 cm³/mol. The molecule has 2 aliphatic heterocycles. The molecule has 2 aromatic heterocycles. The zero-order chi connectivity index (χ0) is 36.7. The summed E-state index contributed by atoms with van der Waals surface area (Å²) in [6, 6.07) is 2.52. The molecule has 0 saturated heterocycles. The van der Waals surface area contributed by atoms with Gasteiger partial charge in [-0.3, -0.25) is 4.79 Å². The van der Waals surface area contributed by atoms with Gasteiger partial charge >= 0.3 is 11.3 Å². The van der Waals surface area contributed by atoms with Gasteiger partial charge < -0.3 is 34.3 Å². The highest BCUT2D eigenvalue weighted by molar-refractivity contribution is 6.12. The topological polar surface area (TPSA) is 162 Å². The van der Waals surface area contributed by atoms with Crippen molar-refractivity contribution in [3.63, 3.8) is 0 Å². The smallest absolute Gasteiger partial charge is 0.336 e. The Morgan fingerprint density at radius 1 is 0.760 bits per heavy atom. The van der Waals surface area contributed by atoms with Crippen molar-refractivity contribution in [1.29, 1.82) is 0 Å². The van der Waals surface area contributed by atoms with Gasteiger partial charge in [0.15, 0.2) is 16.9 Å². The summed E-state index contributed by atoms with van der Waals surface area (Å²) in [5.74, 6) is 0.567. The molecule has 1 unspecified atom stereocenters. The van der Waals surface area contributed by atoms with E-state index in [1.807, 2.05) is 59.8 Å². The summed E-state index contributed by atoms with van der Waals surface area (Å²) in [6.45, 7) is 15.4. The highest BCUT2D eigenvalue weighted by atomic mass is 16.5. The number of carbonyl (C=O) groups is 1. The number of aryl methyl sites for hydroxylation is 2. The molecule has 0 radical (unpaired) electrons. The molecule has 2 aromatic carbocycles. The van der Waals surface area contributed by atoms with Crippen LogP contribution in [0.15, 0.2) is 42.7 Å². The first-order valence-corrected chi connectivity index (χ1v) is 17.3. The lowest BCUT2D eigenvalue weighted by molar-refractivity contribution is 0.0986. The summed E-state index contributed by atoms with van der Waals surface area (Å²) in [4.78, 5) is 36.6. The van der Waals surface area contributed by atoms with E-state index in [9.17, 15) is 24.6 Å². The SMILES string of the molecule is CCCc1cc(=O)oc2c(C(=O)CC)c(O)c3c(c12)OC(C)(C)C=C3.CCCc1cc(=O)oc2c(C(N)CC)c(O)c3c(c12)OC(C)(C)C=C3. The molecule has 0 bridgehead atoms. The van der Waals surface area contributed by atoms with Gasteiger partial charge in [-0.15, -0.1) is 0 Å². The number of benzene rings is 2. The number of aromatic hydroxyl groups is 2. The molecular weight excluding hydrogens is 638 g/mol. The Balaban J connectivity index is 0.000000194. The van der Waals surface area contributed by atoms with Gasteiger partial charge in [0, 0.05) is 24.6 Å². The Hall–Kier alpha value is -4.83. The second-order valence-electron chi connectivity index (χ2n) is 13.9. The fourth-order valence-electron chi connectivity index (χ4n) is 6.53. The van der Waals surface area contributed by atoms with Crippen molar-refractivity contribution in [3.8, 4) is 23.0 Å². The Morgan fingerprint density at radius 2 is 1.22 bits per heavy atom. The zero-order valence-electron chi connectivity index (χ0n) is 30.1. The number of nitrogens with two attached hydrogens (primary N) is 1. The van der Waals surface area contributed by atoms with Crippen LogP contribution in [0.25, 0.3) is 34.1 Å². The first kappa shape index (κ1) is 36.5. The minimum absolute atomic E-state index is 0.0281. The molecule has 6 rings (SSSR count). The van der Waals surface area contributed by atoms with Crippen LogP contribution < -0.4 is 26.5 Å².